The summed E-state index contributed by atoms with van der Waals surface area (Å²) in [7, 11) is 3.43. The first-order valence-corrected chi connectivity index (χ1v) is 6.49. The van der Waals surface area contributed by atoms with Crippen LogP contribution in [0.15, 0.2) is 6.20 Å². The third kappa shape index (κ3) is 3.60. The Hall–Kier alpha value is -1.90. The van der Waals surface area contributed by atoms with E-state index < -0.39 is 12.7 Å². The molecule has 2 aromatic rings. The van der Waals surface area contributed by atoms with Crippen molar-refractivity contribution < 1.29 is 13.2 Å². The van der Waals surface area contributed by atoms with Gasteiger partial charge in [0.05, 0.1) is 24.7 Å². The van der Waals surface area contributed by atoms with Crippen molar-refractivity contribution in [1.29, 1.82) is 0 Å². The Morgan fingerprint density at radius 1 is 1.33 bits per heavy atom. The highest BCUT2D eigenvalue weighted by Gasteiger charge is 2.30. The molecule has 0 unspecified atom stereocenters. The van der Waals surface area contributed by atoms with Gasteiger partial charge >= 0.3 is 6.18 Å². The standard InChI is InChI=1S/C12H17F3N6/c1-4-21(7-12(13,14)15)6-9-18-10(16-2)8-5-17-20(3)11(8)19-9/h5H,4,6-7H2,1-3H3,(H,16,18,19). The number of rotatable bonds is 5. The van der Waals surface area contributed by atoms with Crippen LogP contribution in [0.25, 0.3) is 11.0 Å². The highest BCUT2D eigenvalue weighted by atomic mass is 19.4. The van der Waals surface area contributed by atoms with Crippen LogP contribution in [0.3, 0.4) is 0 Å². The fraction of sp³-hybridized carbons (Fsp3) is 0.583. The van der Waals surface area contributed by atoms with E-state index in [1.165, 1.54) is 4.90 Å². The van der Waals surface area contributed by atoms with Gasteiger partial charge in [-0.05, 0) is 6.54 Å². The Morgan fingerprint density at radius 2 is 2.05 bits per heavy atom. The molecular formula is C12H17F3N6. The summed E-state index contributed by atoms with van der Waals surface area (Å²) in [6, 6.07) is 0. The minimum Gasteiger partial charge on any atom is -0.372 e. The van der Waals surface area contributed by atoms with Crippen LogP contribution in [0, 0.1) is 0 Å². The number of halogens is 3. The molecule has 2 rings (SSSR count). The van der Waals surface area contributed by atoms with Gasteiger partial charge in [0.2, 0.25) is 0 Å². The lowest BCUT2D eigenvalue weighted by Crippen LogP contribution is -2.34. The molecule has 0 fully saturated rings. The van der Waals surface area contributed by atoms with Crippen LogP contribution in [-0.4, -0.2) is 51.0 Å². The Morgan fingerprint density at radius 3 is 2.62 bits per heavy atom. The number of fused-ring (bicyclic) bond motifs is 1. The van der Waals surface area contributed by atoms with Crippen molar-refractivity contribution in [3.63, 3.8) is 0 Å². The lowest BCUT2D eigenvalue weighted by atomic mass is 10.3. The molecule has 0 aromatic carbocycles. The number of aromatic nitrogens is 4. The highest BCUT2D eigenvalue weighted by Crippen LogP contribution is 2.21. The molecule has 0 radical (unpaired) electrons. The van der Waals surface area contributed by atoms with E-state index in [0.29, 0.717) is 17.3 Å². The van der Waals surface area contributed by atoms with Gasteiger partial charge in [0.25, 0.3) is 0 Å². The average molecular weight is 302 g/mol. The second kappa shape index (κ2) is 5.84. The topological polar surface area (TPSA) is 58.9 Å². The van der Waals surface area contributed by atoms with Gasteiger partial charge in [0.15, 0.2) is 5.65 Å². The lowest BCUT2D eigenvalue weighted by Gasteiger charge is -2.21. The molecule has 116 valence electrons. The Bertz CT molecular complexity index is 621. The molecule has 0 bridgehead atoms. The van der Waals surface area contributed by atoms with E-state index in [2.05, 4.69) is 20.4 Å². The van der Waals surface area contributed by atoms with Gasteiger partial charge < -0.3 is 5.32 Å². The summed E-state index contributed by atoms with van der Waals surface area (Å²) in [5, 5.41) is 7.74. The molecule has 2 aromatic heterocycles. The van der Waals surface area contributed by atoms with Crippen molar-refractivity contribution in [3.8, 4) is 0 Å². The van der Waals surface area contributed by atoms with Crippen molar-refractivity contribution >= 4 is 16.9 Å². The molecule has 0 spiro atoms. The summed E-state index contributed by atoms with van der Waals surface area (Å²) in [4.78, 5) is 9.81. The number of hydrogen-bond acceptors (Lipinski definition) is 5. The monoisotopic (exact) mass is 302 g/mol. The number of anilines is 1. The van der Waals surface area contributed by atoms with E-state index in [-0.39, 0.29) is 13.1 Å². The molecule has 1 N–H and O–H groups in total. The number of nitrogens with one attached hydrogen (secondary N) is 1. The van der Waals surface area contributed by atoms with Crippen molar-refractivity contribution in [3.05, 3.63) is 12.0 Å². The molecule has 2 heterocycles. The maximum atomic E-state index is 12.5. The van der Waals surface area contributed by atoms with Crippen LogP contribution in [0.1, 0.15) is 12.7 Å². The minimum atomic E-state index is -4.24. The predicted molar refractivity (Wildman–Crippen MR) is 72.9 cm³/mol. The molecule has 6 nitrogen and oxygen atoms in total. The van der Waals surface area contributed by atoms with Crippen LogP contribution >= 0.6 is 0 Å². The van der Waals surface area contributed by atoms with Crippen LogP contribution in [-0.2, 0) is 13.6 Å². The first-order valence-electron chi connectivity index (χ1n) is 6.49. The van der Waals surface area contributed by atoms with Crippen molar-refractivity contribution in [2.24, 2.45) is 7.05 Å². The summed E-state index contributed by atoms with van der Waals surface area (Å²) in [6.45, 7) is 0.992. The molecule has 0 amide bonds. The summed E-state index contributed by atoms with van der Waals surface area (Å²) in [5.41, 5.74) is 0.590. The van der Waals surface area contributed by atoms with Crippen LogP contribution < -0.4 is 5.32 Å². The fourth-order valence-corrected chi connectivity index (χ4v) is 2.06. The van der Waals surface area contributed by atoms with Gasteiger partial charge in [-0.25, -0.2) is 9.97 Å². The lowest BCUT2D eigenvalue weighted by molar-refractivity contribution is -0.146. The van der Waals surface area contributed by atoms with Crippen molar-refractivity contribution in [2.75, 3.05) is 25.5 Å². The molecule has 0 saturated heterocycles. The van der Waals surface area contributed by atoms with Crippen molar-refractivity contribution in [1.82, 2.24) is 24.6 Å². The van der Waals surface area contributed by atoms with E-state index in [9.17, 15) is 13.2 Å². The molecule has 0 atom stereocenters. The third-order valence-corrected chi connectivity index (χ3v) is 3.09. The summed E-state index contributed by atoms with van der Waals surface area (Å²) in [6.07, 6.45) is -2.61. The van der Waals surface area contributed by atoms with E-state index in [0.717, 1.165) is 5.39 Å². The average Bonchev–Trinajstić information content (AvgIpc) is 2.77. The Labute approximate surface area is 120 Å². The zero-order valence-corrected chi connectivity index (χ0v) is 12.1. The fourth-order valence-electron chi connectivity index (χ4n) is 2.06. The number of hydrogen-bond donors (Lipinski definition) is 1. The first kappa shape index (κ1) is 15.5. The van der Waals surface area contributed by atoms with Crippen LogP contribution in [0.2, 0.25) is 0 Å². The zero-order valence-electron chi connectivity index (χ0n) is 12.1. The van der Waals surface area contributed by atoms with E-state index in [1.54, 1.807) is 31.9 Å². The molecule has 0 aliphatic heterocycles. The molecular weight excluding hydrogens is 285 g/mol. The van der Waals surface area contributed by atoms with E-state index >= 15 is 0 Å². The van der Waals surface area contributed by atoms with Gasteiger partial charge in [-0.1, -0.05) is 6.92 Å². The first-order chi connectivity index (χ1) is 9.84. The van der Waals surface area contributed by atoms with Gasteiger partial charge in [-0.15, -0.1) is 0 Å². The predicted octanol–water partition coefficient (Wildman–Crippen LogP) is 1.79. The van der Waals surface area contributed by atoms with Crippen molar-refractivity contribution in [2.45, 2.75) is 19.6 Å². The second-order valence-electron chi connectivity index (χ2n) is 4.66. The third-order valence-electron chi connectivity index (χ3n) is 3.09. The summed E-state index contributed by atoms with van der Waals surface area (Å²) in [5.74, 6) is 0.896. The Balaban J connectivity index is 2.31. The minimum absolute atomic E-state index is 0.0335. The highest BCUT2D eigenvalue weighted by molar-refractivity contribution is 5.86. The summed E-state index contributed by atoms with van der Waals surface area (Å²) < 4.78 is 39.1. The second-order valence-corrected chi connectivity index (χ2v) is 4.66. The van der Waals surface area contributed by atoms with Gasteiger partial charge in [0.1, 0.15) is 11.6 Å². The smallest absolute Gasteiger partial charge is 0.372 e. The number of nitrogens with zero attached hydrogens (tertiary/aromatic N) is 5. The molecule has 9 heteroatoms. The quantitative estimate of drug-likeness (QED) is 0.912. The summed E-state index contributed by atoms with van der Waals surface area (Å²) >= 11 is 0. The van der Waals surface area contributed by atoms with Gasteiger partial charge in [-0.2, -0.15) is 18.3 Å². The maximum Gasteiger partial charge on any atom is 0.401 e. The molecule has 0 aliphatic carbocycles. The molecule has 21 heavy (non-hydrogen) atoms. The maximum absolute atomic E-state index is 12.5. The van der Waals surface area contributed by atoms with E-state index in [4.69, 9.17) is 0 Å². The van der Waals surface area contributed by atoms with Gasteiger partial charge in [-0.3, -0.25) is 9.58 Å². The SMILES string of the molecule is CCN(Cc1nc(NC)c2cnn(C)c2n1)CC(F)(F)F. The number of aryl methyl sites for hydroxylation is 1. The van der Waals surface area contributed by atoms with Crippen LogP contribution in [0.5, 0.6) is 0 Å². The largest absolute Gasteiger partial charge is 0.401 e. The van der Waals surface area contributed by atoms with Gasteiger partial charge in [0, 0.05) is 14.1 Å². The molecule has 0 aliphatic rings. The number of alkyl halides is 3. The zero-order chi connectivity index (χ0) is 15.6. The molecule has 0 saturated carbocycles. The normalized spacial score (nSPS) is 12.3. The van der Waals surface area contributed by atoms with E-state index in [1.807, 2.05) is 0 Å². The Kier molecular flexibility index (Phi) is 4.31. The van der Waals surface area contributed by atoms with Crippen LogP contribution in [0.4, 0.5) is 19.0 Å².